The van der Waals surface area contributed by atoms with E-state index in [4.69, 9.17) is 0 Å². The minimum absolute atomic E-state index is 0.833. The van der Waals surface area contributed by atoms with E-state index in [0.29, 0.717) is 0 Å². The Bertz CT molecular complexity index is 603. The SMILES string of the molecule is CCCCCCCCCCCCCCCCCCC1C2CCC34C5C=CC(C5)C3C1CC24. The maximum Gasteiger partial charge on any atom is -0.0165 e. The second-order valence-electron chi connectivity index (χ2n) is 13.0. The fourth-order valence-corrected chi connectivity index (χ4v) is 10.3. The van der Waals surface area contributed by atoms with Gasteiger partial charge >= 0.3 is 0 Å². The molecule has 0 N–H and O–H groups in total. The molecule has 182 valence electrons. The molecule has 0 aromatic rings. The van der Waals surface area contributed by atoms with Crippen molar-refractivity contribution in [3.63, 3.8) is 0 Å². The molecule has 5 aliphatic carbocycles. The van der Waals surface area contributed by atoms with Crippen LogP contribution in [0, 0.1) is 46.8 Å². The van der Waals surface area contributed by atoms with Crippen LogP contribution in [0.2, 0.25) is 0 Å². The summed E-state index contributed by atoms with van der Waals surface area (Å²) in [5.74, 6) is 7.73. The van der Waals surface area contributed by atoms with Crippen molar-refractivity contribution >= 4 is 0 Å². The second kappa shape index (κ2) is 11.0. The van der Waals surface area contributed by atoms with E-state index in [0.717, 1.165) is 46.8 Å². The fourth-order valence-electron chi connectivity index (χ4n) is 10.3. The summed E-state index contributed by atoms with van der Waals surface area (Å²) in [6.45, 7) is 2.31. The molecule has 5 rings (SSSR count). The summed E-state index contributed by atoms with van der Waals surface area (Å²) in [5.41, 5.74) is 0.833. The van der Waals surface area contributed by atoms with Gasteiger partial charge < -0.3 is 0 Å². The van der Waals surface area contributed by atoms with Gasteiger partial charge in [0.2, 0.25) is 0 Å². The molecule has 0 saturated heterocycles. The van der Waals surface area contributed by atoms with Crippen molar-refractivity contribution in [1.29, 1.82) is 0 Å². The van der Waals surface area contributed by atoms with Crippen LogP contribution in [0.1, 0.15) is 142 Å². The van der Waals surface area contributed by atoms with E-state index in [2.05, 4.69) is 19.1 Å². The van der Waals surface area contributed by atoms with Gasteiger partial charge in [0, 0.05) is 0 Å². The lowest BCUT2D eigenvalue weighted by atomic mass is 9.59. The van der Waals surface area contributed by atoms with Gasteiger partial charge in [-0.1, -0.05) is 122 Å². The van der Waals surface area contributed by atoms with E-state index in [1.807, 2.05) is 0 Å². The zero-order valence-corrected chi connectivity index (χ0v) is 21.5. The molecule has 0 heterocycles. The summed E-state index contributed by atoms with van der Waals surface area (Å²) in [5, 5.41) is 0. The van der Waals surface area contributed by atoms with Gasteiger partial charge in [-0.3, -0.25) is 0 Å². The number of allylic oxidation sites excluding steroid dienone is 2. The Morgan fingerprint density at radius 1 is 0.656 bits per heavy atom. The molecule has 0 aromatic carbocycles. The molecule has 0 radical (unpaired) electrons. The standard InChI is InChI=1S/C32H54/c1-2-3-4-5-6-7-8-9-10-11-12-13-14-15-16-17-18-27-28-21-22-32-26-20-19-25(23-26)31(32)29(27)24-30(28)32/h19-20,25-31H,2-18,21-24H2,1H3. The smallest absolute Gasteiger partial charge is 0.0165 e. The van der Waals surface area contributed by atoms with Crippen LogP contribution in [0.25, 0.3) is 0 Å². The molecule has 1 spiro atoms. The first-order valence-electron chi connectivity index (χ1n) is 15.5. The van der Waals surface area contributed by atoms with E-state index < -0.39 is 0 Å². The average molecular weight is 439 g/mol. The largest absolute Gasteiger partial charge is 0.0848 e. The van der Waals surface area contributed by atoms with Gasteiger partial charge in [0.25, 0.3) is 0 Å². The first kappa shape index (κ1) is 23.5. The molecule has 5 aliphatic rings. The second-order valence-corrected chi connectivity index (χ2v) is 13.0. The molecule has 4 saturated carbocycles. The maximum absolute atomic E-state index is 2.66. The topological polar surface area (TPSA) is 0 Å². The van der Waals surface area contributed by atoms with Crippen LogP contribution in [0.3, 0.4) is 0 Å². The lowest BCUT2D eigenvalue weighted by molar-refractivity contribution is 0.0441. The molecule has 8 atom stereocenters. The molecule has 4 fully saturated rings. The summed E-state index contributed by atoms with van der Waals surface area (Å²) in [6, 6.07) is 0. The Morgan fingerprint density at radius 2 is 1.25 bits per heavy atom. The predicted octanol–water partition coefficient (Wildman–Crippen LogP) is 10.1. The summed E-state index contributed by atoms with van der Waals surface area (Å²) in [4.78, 5) is 0. The molecule has 0 aromatic heterocycles. The van der Waals surface area contributed by atoms with Crippen LogP contribution in [0.5, 0.6) is 0 Å². The lowest BCUT2D eigenvalue weighted by Gasteiger charge is -2.45. The highest BCUT2D eigenvalue weighted by molar-refractivity contribution is 5.29. The normalized spacial score (nSPS) is 40.1. The van der Waals surface area contributed by atoms with Gasteiger partial charge in [0.15, 0.2) is 0 Å². The number of unbranched alkanes of at least 4 members (excludes halogenated alkanes) is 15. The third-order valence-electron chi connectivity index (χ3n) is 11.5. The molecule has 0 amide bonds. The molecule has 8 unspecified atom stereocenters. The third-order valence-corrected chi connectivity index (χ3v) is 11.5. The van der Waals surface area contributed by atoms with Crippen LogP contribution in [0.15, 0.2) is 12.2 Å². The minimum Gasteiger partial charge on any atom is -0.0848 e. The average Bonchev–Trinajstić information content (AvgIpc) is 3.58. The zero-order valence-electron chi connectivity index (χ0n) is 21.5. The van der Waals surface area contributed by atoms with Gasteiger partial charge in [0.1, 0.15) is 0 Å². The van der Waals surface area contributed by atoms with Crippen molar-refractivity contribution in [1.82, 2.24) is 0 Å². The summed E-state index contributed by atoms with van der Waals surface area (Å²) in [7, 11) is 0. The highest BCUT2D eigenvalue weighted by atomic mass is 14.8. The van der Waals surface area contributed by atoms with E-state index in [9.17, 15) is 0 Å². The highest BCUT2D eigenvalue weighted by Gasteiger charge is 2.74. The number of hydrogen-bond acceptors (Lipinski definition) is 0. The van der Waals surface area contributed by atoms with Gasteiger partial charge in [-0.15, -0.1) is 0 Å². The Kier molecular flexibility index (Phi) is 8.06. The quantitative estimate of drug-likeness (QED) is 0.156. The van der Waals surface area contributed by atoms with E-state index >= 15 is 0 Å². The minimum atomic E-state index is 0.833. The summed E-state index contributed by atoms with van der Waals surface area (Å²) >= 11 is 0. The Morgan fingerprint density at radius 3 is 1.88 bits per heavy atom. The van der Waals surface area contributed by atoms with Crippen molar-refractivity contribution in [2.24, 2.45) is 46.8 Å². The van der Waals surface area contributed by atoms with Gasteiger partial charge in [-0.2, -0.15) is 0 Å². The fraction of sp³-hybridized carbons (Fsp3) is 0.938. The molecule has 0 aliphatic heterocycles. The molecule has 32 heavy (non-hydrogen) atoms. The van der Waals surface area contributed by atoms with E-state index in [1.165, 1.54) is 96.3 Å². The van der Waals surface area contributed by atoms with Crippen molar-refractivity contribution in [3.8, 4) is 0 Å². The third kappa shape index (κ3) is 4.40. The maximum atomic E-state index is 2.66. The Labute approximate surface area is 200 Å². The van der Waals surface area contributed by atoms with Gasteiger partial charge in [-0.05, 0) is 78.9 Å². The number of hydrogen-bond donors (Lipinski definition) is 0. The van der Waals surface area contributed by atoms with E-state index in [-0.39, 0.29) is 0 Å². The summed E-state index contributed by atoms with van der Waals surface area (Å²) in [6.07, 6.45) is 37.2. The molecular formula is C32H54. The van der Waals surface area contributed by atoms with Crippen molar-refractivity contribution < 1.29 is 0 Å². The number of rotatable bonds is 17. The summed E-state index contributed by atoms with van der Waals surface area (Å²) < 4.78 is 0. The predicted molar refractivity (Wildman–Crippen MR) is 139 cm³/mol. The highest BCUT2D eigenvalue weighted by Crippen LogP contribution is 2.80. The molecule has 0 nitrogen and oxygen atoms in total. The Hall–Kier alpha value is -0.260. The van der Waals surface area contributed by atoms with Crippen LogP contribution in [0.4, 0.5) is 0 Å². The van der Waals surface area contributed by atoms with Crippen molar-refractivity contribution in [2.75, 3.05) is 0 Å². The lowest BCUT2D eigenvalue weighted by Crippen LogP contribution is -2.40. The Balaban J connectivity index is 0.867. The van der Waals surface area contributed by atoms with Gasteiger partial charge in [0.05, 0.1) is 0 Å². The van der Waals surface area contributed by atoms with E-state index in [1.54, 1.807) is 38.5 Å². The number of fused-ring (bicyclic) bond motifs is 5. The molecular weight excluding hydrogens is 384 g/mol. The van der Waals surface area contributed by atoms with Crippen LogP contribution in [-0.4, -0.2) is 0 Å². The molecule has 0 heteroatoms. The van der Waals surface area contributed by atoms with Crippen LogP contribution < -0.4 is 0 Å². The van der Waals surface area contributed by atoms with Crippen molar-refractivity contribution in [3.05, 3.63) is 12.2 Å². The van der Waals surface area contributed by atoms with Crippen molar-refractivity contribution in [2.45, 2.75) is 142 Å². The van der Waals surface area contributed by atoms with Crippen LogP contribution >= 0.6 is 0 Å². The first-order valence-corrected chi connectivity index (χ1v) is 15.5. The zero-order chi connectivity index (χ0) is 21.8. The monoisotopic (exact) mass is 438 g/mol. The van der Waals surface area contributed by atoms with Gasteiger partial charge in [-0.25, -0.2) is 0 Å². The molecule has 4 bridgehead atoms. The first-order chi connectivity index (χ1) is 15.9. The van der Waals surface area contributed by atoms with Crippen LogP contribution in [-0.2, 0) is 0 Å².